The van der Waals surface area contributed by atoms with Gasteiger partial charge in [0.1, 0.15) is 0 Å². The van der Waals surface area contributed by atoms with Crippen molar-refractivity contribution in [3.63, 3.8) is 0 Å². The molecule has 4 nitrogen and oxygen atoms in total. The summed E-state index contributed by atoms with van der Waals surface area (Å²) in [6.45, 7) is 0. The third-order valence-electron chi connectivity index (χ3n) is 8.01. The highest BCUT2D eigenvalue weighted by Gasteiger charge is 2.26. The molecule has 2 fully saturated rings. The van der Waals surface area contributed by atoms with Crippen LogP contribution in [0.25, 0.3) is 20.4 Å². The Morgan fingerprint density at radius 1 is 0.657 bits per heavy atom. The lowest BCUT2D eigenvalue weighted by molar-refractivity contribution is 0.440. The minimum atomic E-state index is 0.627. The fraction of sp³-hybridized carbons (Fsp3) is 0.481. The molecule has 0 unspecified atom stereocenters. The Kier molecular flexibility index (Phi) is 7.38. The van der Waals surface area contributed by atoms with Gasteiger partial charge in [0.05, 0.1) is 20.4 Å². The highest BCUT2D eigenvalue weighted by atomic mass is 32.2. The van der Waals surface area contributed by atoms with Crippen molar-refractivity contribution in [2.24, 2.45) is 10.3 Å². The van der Waals surface area contributed by atoms with Crippen molar-refractivity contribution in [1.29, 1.82) is 0 Å². The number of benzene rings is 2. The average molecular weight is 541 g/mol. The fourth-order valence-electron chi connectivity index (χ4n) is 6.33. The van der Waals surface area contributed by atoms with Crippen LogP contribution in [0.5, 0.6) is 0 Å². The predicted molar refractivity (Wildman–Crippen MR) is 154 cm³/mol. The molecule has 35 heavy (non-hydrogen) atoms. The maximum absolute atomic E-state index is 5.95. The van der Waals surface area contributed by atoms with E-state index >= 15 is 0 Å². The Hall–Kier alpha value is -1.16. The lowest BCUT2D eigenvalue weighted by Crippen LogP contribution is -2.11. The molecule has 0 radical (unpaired) electrons. The minimum Gasteiger partial charge on any atom is -0.272 e. The zero-order chi connectivity index (χ0) is 23.8. The van der Waals surface area contributed by atoms with E-state index < -0.39 is 0 Å². The van der Waals surface area contributed by atoms with Crippen LogP contribution in [0, 0.1) is 0 Å². The van der Waals surface area contributed by atoms with Crippen LogP contribution >= 0.6 is 46.6 Å². The van der Waals surface area contributed by atoms with Crippen LogP contribution in [0.2, 0.25) is 0 Å². The van der Waals surface area contributed by atoms with Gasteiger partial charge in [0.2, 0.25) is 0 Å². The van der Waals surface area contributed by atoms with Gasteiger partial charge < -0.3 is 0 Å². The molecule has 0 spiro atoms. The number of nitrogens with two attached hydrogens (primary N) is 2. The number of aromatic nitrogens is 2. The van der Waals surface area contributed by atoms with Crippen molar-refractivity contribution in [2.45, 2.75) is 91.1 Å². The fourth-order valence-corrected chi connectivity index (χ4v) is 8.99. The molecule has 0 bridgehead atoms. The number of fused-ring (bicyclic) bond motifs is 2. The number of hydrogen-bond donors (Lipinski definition) is 2. The molecular formula is C27H32N4S4. The van der Waals surface area contributed by atoms with Crippen LogP contribution in [0.1, 0.15) is 98.3 Å². The maximum Gasteiger partial charge on any atom is 0.165 e. The monoisotopic (exact) mass is 540 g/mol. The summed E-state index contributed by atoms with van der Waals surface area (Å²) >= 11 is 5.96. The minimum absolute atomic E-state index is 0.627. The summed E-state index contributed by atoms with van der Waals surface area (Å²) in [5.41, 5.74) is 8.14. The first kappa shape index (κ1) is 24.2. The van der Waals surface area contributed by atoms with E-state index in [1.54, 1.807) is 22.7 Å². The molecule has 184 valence electrons. The predicted octanol–water partition coefficient (Wildman–Crippen LogP) is 8.52. The van der Waals surface area contributed by atoms with Gasteiger partial charge in [-0.15, -0.1) is 22.7 Å². The van der Waals surface area contributed by atoms with E-state index in [2.05, 4.69) is 24.3 Å². The Morgan fingerprint density at radius 3 is 1.49 bits per heavy atom. The Morgan fingerprint density at radius 2 is 1.09 bits per heavy atom. The van der Waals surface area contributed by atoms with Gasteiger partial charge in [-0.05, 0) is 95.8 Å². The lowest BCUT2D eigenvalue weighted by atomic mass is 9.78. The van der Waals surface area contributed by atoms with Crippen LogP contribution in [0.15, 0.2) is 32.9 Å². The Bertz CT molecular complexity index is 1230. The molecule has 2 heterocycles. The molecule has 2 aromatic heterocycles. The van der Waals surface area contributed by atoms with E-state index in [1.807, 2.05) is 0 Å². The molecule has 6 rings (SSSR count). The van der Waals surface area contributed by atoms with E-state index in [1.165, 1.54) is 120 Å². The summed E-state index contributed by atoms with van der Waals surface area (Å²) in [5, 5.41) is 11.9. The summed E-state index contributed by atoms with van der Waals surface area (Å²) in [6, 6.07) is 9.38. The van der Waals surface area contributed by atoms with Crippen LogP contribution < -0.4 is 10.3 Å². The molecule has 0 saturated heterocycles. The van der Waals surface area contributed by atoms with Gasteiger partial charge in [-0.2, -0.15) is 0 Å². The van der Waals surface area contributed by atoms with Crippen LogP contribution in [0.3, 0.4) is 0 Å². The highest BCUT2D eigenvalue weighted by molar-refractivity contribution is 7.99. The average Bonchev–Trinajstić information content (AvgIpc) is 3.54. The molecule has 2 aliphatic rings. The van der Waals surface area contributed by atoms with E-state index in [0.29, 0.717) is 11.8 Å². The van der Waals surface area contributed by atoms with Crippen molar-refractivity contribution in [2.75, 3.05) is 0 Å². The molecule has 0 amide bonds. The SMILES string of the molecule is NSc1nc2c(Cc3c(C4CCCCC4)ccc4sc(SN)nc34)c(C3CCCCC3)ccc2s1. The topological polar surface area (TPSA) is 77.8 Å². The number of thiazole rings is 2. The summed E-state index contributed by atoms with van der Waals surface area (Å²) in [5.74, 6) is 1.25. The van der Waals surface area contributed by atoms with Crippen molar-refractivity contribution in [1.82, 2.24) is 9.97 Å². The summed E-state index contributed by atoms with van der Waals surface area (Å²) < 4.78 is 4.39. The van der Waals surface area contributed by atoms with Crippen LogP contribution in [-0.2, 0) is 6.42 Å². The van der Waals surface area contributed by atoms with E-state index in [0.717, 1.165) is 26.1 Å². The molecule has 0 atom stereocenters. The second-order valence-electron chi connectivity index (χ2n) is 10.0. The summed E-state index contributed by atoms with van der Waals surface area (Å²) in [6.07, 6.45) is 14.1. The molecular weight excluding hydrogens is 509 g/mol. The number of rotatable bonds is 6. The van der Waals surface area contributed by atoms with Crippen molar-refractivity contribution >= 4 is 67.0 Å². The zero-order valence-corrected chi connectivity index (χ0v) is 23.2. The second-order valence-corrected chi connectivity index (χ2v) is 13.8. The van der Waals surface area contributed by atoms with E-state index in [-0.39, 0.29) is 0 Å². The third-order valence-corrected chi connectivity index (χ3v) is 11.3. The van der Waals surface area contributed by atoms with Crippen LogP contribution in [-0.4, -0.2) is 9.97 Å². The highest BCUT2D eigenvalue weighted by Crippen LogP contribution is 2.43. The normalized spacial score (nSPS) is 18.1. The number of nitrogens with zero attached hydrogens (tertiary/aromatic N) is 2. The second kappa shape index (κ2) is 10.7. The Labute approximate surface area is 224 Å². The Balaban J connectivity index is 1.54. The number of hydrogen-bond acceptors (Lipinski definition) is 8. The first-order chi connectivity index (χ1) is 17.2. The first-order valence-corrected chi connectivity index (χ1v) is 16.2. The molecule has 4 aromatic rings. The largest absolute Gasteiger partial charge is 0.272 e. The smallest absolute Gasteiger partial charge is 0.165 e. The van der Waals surface area contributed by atoms with E-state index in [4.69, 9.17) is 20.2 Å². The summed E-state index contributed by atoms with van der Waals surface area (Å²) in [4.78, 5) is 10.1. The van der Waals surface area contributed by atoms with Gasteiger partial charge in [0, 0.05) is 6.42 Å². The standard InChI is InChI=1S/C27H32N4S4/c28-34-26-30-24-20(18(11-13-22(24)32-26)16-7-3-1-4-8-16)15-21-19(17-9-5-2-6-10-17)12-14-23-25(21)31-27(33-23)35-29/h11-14,16-17H,1-10,15,28-29H2. The van der Waals surface area contributed by atoms with Crippen LogP contribution in [0.4, 0.5) is 0 Å². The molecule has 2 aromatic carbocycles. The molecule has 4 N–H and O–H groups in total. The van der Waals surface area contributed by atoms with Gasteiger partial charge in [-0.1, -0.05) is 50.7 Å². The molecule has 8 heteroatoms. The van der Waals surface area contributed by atoms with E-state index in [9.17, 15) is 0 Å². The van der Waals surface area contributed by atoms with Gasteiger partial charge in [0.15, 0.2) is 8.68 Å². The third kappa shape index (κ3) is 4.78. The van der Waals surface area contributed by atoms with Gasteiger partial charge in [-0.3, -0.25) is 10.3 Å². The molecule has 2 saturated carbocycles. The first-order valence-electron chi connectivity index (χ1n) is 12.8. The van der Waals surface area contributed by atoms with Crippen molar-refractivity contribution < 1.29 is 0 Å². The molecule has 2 aliphatic carbocycles. The maximum atomic E-state index is 5.95. The van der Waals surface area contributed by atoms with Gasteiger partial charge >= 0.3 is 0 Å². The van der Waals surface area contributed by atoms with Crippen molar-refractivity contribution in [3.05, 3.63) is 46.5 Å². The van der Waals surface area contributed by atoms with Gasteiger partial charge in [-0.25, -0.2) is 9.97 Å². The zero-order valence-electron chi connectivity index (χ0n) is 19.9. The summed E-state index contributed by atoms with van der Waals surface area (Å²) in [7, 11) is 0. The quantitative estimate of drug-likeness (QED) is 0.239. The molecule has 0 aliphatic heterocycles. The lowest BCUT2D eigenvalue weighted by Gasteiger charge is -2.27. The van der Waals surface area contributed by atoms with Crippen molar-refractivity contribution in [3.8, 4) is 0 Å². The van der Waals surface area contributed by atoms with Gasteiger partial charge in [0.25, 0.3) is 0 Å².